The number of carbonyl (C=O) groups is 2. The molecule has 0 unspecified atom stereocenters. The third-order valence-corrected chi connectivity index (χ3v) is 4.68. The number of amides is 1. The van der Waals surface area contributed by atoms with Crippen molar-refractivity contribution < 1.29 is 18.7 Å². The lowest BCUT2D eigenvalue weighted by Crippen LogP contribution is -2.09. The molecule has 2 aromatic heterocycles. The number of anilines is 1. The first-order valence-corrected chi connectivity index (χ1v) is 8.61. The van der Waals surface area contributed by atoms with Crippen molar-refractivity contribution in [3.8, 4) is 0 Å². The summed E-state index contributed by atoms with van der Waals surface area (Å²) in [5.74, 6) is -0.509. The highest BCUT2D eigenvalue weighted by Crippen LogP contribution is 2.27. The van der Waals surface area contributed by atoms with Gasteiger partial charge in [-0.2, -0.15) is 0 Å². The van der Waals surface area contributed by atoms with Crippen molar-refractivity contribution in [3.05, 3.63) is 76.6 Å². The maximum absolute atomic E-state index is 12.2. The van der Waals surface area contributed by atoms with Crippen molar-refractivity contribution in [1.82, 2.24) is 0 Å². The summed E-state index contributed by atoms with van der Waals surface area (Å²) in [6.07, 6.45) is 2.10. The summed E-state index contributed by atoms with van der Waals surface area (Å²) in [6.45, 7) is 2.13. The summed E-state index contributed by atoms with van der Waals surface area (Å²) in [4.78, 5) is 24.7. The van der Waals surface area contributed by atoms with Crippen molar-refractivity contribution in [3.63, 3.8) is 0 Å². The van der Waals surface area contributed by atoms with Gasteiger partial charge in [0.2, 0.25) is 0 Å². The first-order valence-electron chi connectivity index (χ1n) is 7.80. The monoisotopic (exact) mass is 355 g/mol. The van der Waals surface area contributed by atoms with E-state index in [0.717, 1.165) is 11.1 Å². The second-order valence-electron chi connectivity index (χ2n) is 5.43. The van der Waals surface area contributed by atoms with Crippen LogP contribution in [0.4, 0.5) is 5.00 Å². The van der Waals surface area contributed by atoms with Gasteiger partial charge >= 0.3 is 5.97 Å². The standard InChI is InChI=1S/C19H17NO4S/c1-13-12-16(20-18(21)15-8-5-10-23-15)25-17(13)19(22)24-11-9-14-6-3-2-4-7-14/h2-8,10,12H,9,11H2,1H3,(H,20,21). The number of thiophene rings is 1. The highest BCUT2D eigenvalue weighted by Gasteiger charge is 2.17. The van der Waals surface area contributed by atoms with Crippen LogP contribution in [0, 0.1) is 6.92 Å². The molecule has 3 rings (SSSR count). The second-order valence-corrected chi connectivity index (χ2v) is 6.48. The lowest BCUT2D eigenvalue weighted by molar-refractivity contribution is 0.0514. The number of benzene rings is 1. The molecule has 0 aliphatic heterocycles. The third kappa shape index (κ3) is 4.36. The summed E-state index contributed by atoms with van der Waals surface area (Å²) in [5, 5.41) is 3.30. The van der Waals surface area contributed by atoms with Crippen molar-refractivity contribution in [2.45, 2.75) is 13.3 Å². The average Bonchev–Trinajstić information content (AvgIpc) is 3.25. The molecule has 2 heterocycles. The lowest BCUT2D eigenvalue weighted by Gasteiger charge is -2.04. The maximum Gasteiger partial charge on any atom is 0.348 e. The zero-order valence-electron chi connectivity index (χ0n) is 13.7. The summed E-state index contributed by atoms with van der Waals surface area (Å²) in [5.41, 5.74) is 1.88. The van der Waals surface area contributed by atoms with Gasteiger partial charge in [0, 0.05) is 6.42 Å². The van der Waals surface area contributed by atoms with Crippen LogP contribution in [0.25, 0.3) is 0 Å². The predicted molar refractivity (Wildman–Crippen MR) is 96.1 cm³/mol. The molecule has 0 saturated heterocycles. The fourth-order valence-electron chi connectivity index (χ4n) is 2.30. The van der Waals surface area contributed by atoms with E-state index in [1.165, 1.54) is 17.6 Å². The largest absolute Gasteiger partial charge is 0.461 e. The van der Waals surface area contributed by atoms with Gasteiger partial charge < -0.3 is 14.5 Å². The molecule has 128 valence electrons. The minimum atomic E-state index is -0.378. The van der Waals surface area contributed by atoms with E-state index in [4.69, 9.17) is 9.15 Å². The molecular formula is C19H17NO4S. The Labute approximate surface area is 149 Å². The molecule has 6 heteroatoms. The van der Waals surface area contributed by atoms with Crippen LogP contribution in [-0.4, -0.2) is 18.5 Å². The Morgan fingerprint density at radius 2 is 1.96 bits per heavy atom. The third-order valence-electron chi connectivity index (χ3n) is 3.55. The van der Waals surface area contributed by atoms with E-state index < -0.39 is 0 Å². The normalized spacial score (nSPS) is 10.4. The lowest BCUT2D eigenvalue weighted by atomic mass is 10.2. The Morgan fingerprint density at radius 3 is 2.68 bits per heavy atom. The van der Waals surface area contributed by atoms with E-state index in [2.05, 4.69) is 5.32 Å². The average molecular weight is 355 g/mol. The van der Waals surface area contributed by atoms with Crippen LogP contribution in [0.1, 0.15) is 31.4 Å². The van der Waals surface area contributed by atoms with Gasteiger partial charge in [0.1, 0.15) is 4.88 Å². The highest BCUT2D eigenvalue weighted by molar-refractivity contribution is 7.18. The van der Waals surface area contributed by atoms with Gasteiger partial charge in [-0.3, -0.25) is 4.79 Å². The van der Waals surface area contributed by atoms with Crippen molar-refractivity contribution >= 4 is 28.2 Å². The number of aryl methyl sites for hydroxylation is 1. The molecule has 0 aliphatic carbocycles. The Hall–Kier alpha value is -2.86. The van der Waals surface area contributed by atoms with Crippen molar-refractivity contribution in [1.29, 1.82) is 0 Å². The fourth-order valence-corrected chi connectivity index (χ4v) is 3.26. The summed E-state index contributed by atoms with van der Waals surface area (Å²) in [7, 11) is 0. The van der Waals surface area contributed by atoms with Crippen LogP contribution in [-0.2, 0) is 11.2 Å². The predicted octanol–water partition coefficient (Wildman–Crippen LogP) is 4.30. The van der Waals surface area contributed by atoms with E-state index >= 15 is 0 Å². The van der Waals surface area contributed by atoms with Gasteiger partial charge in [0.05, 0.1) is 17.9 Å². The molecular weight excluding hydrogens is 338 g/mol. The Bertz CT molecular complexity index is 853. The Balaban J connectivity index is 1.57. The first-order chi connectivity index (χ1) is 12.1. The van der Waals surface area contributed by atoms with Crippen molar-refractivity contribution in [2.24, 2.45) is 0 Å². The van der Waals surface area contributed by atoms with Gasteiger partial charge in [-0.15, -0.1) is 11.3 Å². The second kappa shape index (κ2) is 7.81. The molecule has 0 fully saturated rings. The fraction of sp³-hybridized carbons (Fsp3) is 0.158. The molecule has 1 aromatic carbocycles. The molecule has 1 amide bonds. The molecule has 1 N–H and O–H groups in total. The Kier molecular flexibility index (Phi) is 5.30. The highest BCUT2D eigenvalue weighted by atomic mass is 32.1. The van der Waals surface area contributed by atoms with Gasteiger partial charge in [-0.25, -0.2) is 4.79 Å². The molecule has 0 saturated carbocycles. The van der Waals surface area contributed by atoms with Crippen LogP contribution in [0.2, 0.25) is 0 Å². The number of hydrogen-bond donors (Lipinski definition) is 1. The smallest absolute Gasteiger partial charge is 0.348 e. The zero-order chi connectivity index (χ0) is 17.6. The molecule has 5 nitrogen and oxygen atoms in total. The molecule has 3 aromatic rings. The van der Waals surface area contributed by atoms with E-state index in [9.17, 15) is 9.59 Å². The number of furan rings is 1. The minimum absolute atomic E-state index is 0.220. The van der Waals surface area contributed by atoms with E-state index in [1.54, 1.807) is 18.2 Å². The summed E-state index contributed by atoms with van der Waals surface area (Å²) < 4.78 is 10.4. The summed E-state index contributed by atoms with van der Waals surface area (Å²) in [6, 6.07) is 14.8. The molecule has 0 radical (unpaired) electrons. The molecule has 25 heavy (non-hydrogen) atoms. The molecule has 0 atom stereocenters. The molecule has 0 aliphatic rings. The quantitative estimate of drug-likeness (QED) is 0.669. The van der Waals surface area contributed by atoms with Crippen LogP contribution in [0.3, 0.4) is 0 Å². The van der Waals surface area contributed by atoms with Crippen molar-refractivity contribution in [2.75, 3.05) is 11.9 Å². The van der Waals surface area contributed by atoms with E-state index in [0.29, 0.717) is 22.9 Å². The summed E-state index contributed by atoms with van der Waals surface area (Å²) >= 11 is 1.19. The number of rotatable bonds is 6. The molecule has 0 spiro atoms. The number of carbonyl (C=O) groups excluding carboxylic acids is 2. The SMILES string of the molecule is Cc1cc(NC(=O)c2ccco2)sc1C(=O)OCCc1ccccc1. The Morgan fingerprint density at radius 1 is 1.16 bits per heavy atom. The zero-order valence-corrected chi connectivity index (χ0v) is 14.5. The van der Waals surface area contributed by atoms with Gasteiger partial charge in [-0.05, 0) is 36.2 Å². The molecule has 0 bridgehead atoms. The van der Waals surface area contributed by atoms with Gasteiger partial charge in [-0.1, -0.05) is 30.3 Å². The van der Waals surface area contributed by atoms with Crippen LogP contribution in [0.15, 0.2) is 59.2 Å². The number of hydrogen-bond acceptors (Lipinski definition) is 5. The van der Waals surface area contributed by atoms with Crippen LogP contribution < -0.4 is 5.32 Å². The van der Waals surface area contributed by atoms with Crippen LogP contribution >= 0.6 is 11.3 Å². The van der Waals surface area contributed by atoms with Gasteiger partial charge in [0.15, 0.2) is 5.76 Å². The number of esters is 1. The number of nitrogens with one attached hydrogen (secondary N) is 1. The topological polar surface area (TPSA) is 68.5 Å². The minimum Gasteiger partial charge on any atom is -0.461 e. The number of ether oxygens (including phenoxy) is 1. The van der Waals surface area contributed by atoms with E-state index in [-0.39, 0.29) is 17.6 Å². The van der Waals surface area contributed by atoms with E-state index in [1.807, 2.05) is 37.3 Å². The first kappa shape index (κ1) is 17.0. The van der Waals surface area contributed by atoms with Gasteiger partial charge in [0.25, 0.3) is 5.91 Å². The van der Waals surface area contributed by atoms with Crippen LogP contribution in [0.5, 0.6) is 0 Å². The maximum atomic E-state index is 12.2.